The second-order valence-corrected chi connectivity index (χ2v) is 11.9. The lowest BCUT2D eigenvalue weighted by molar-refractivity contribution is -0.157. The number of benzene rings is 2. The summed E-state index contributed by atoms with van der Waals surface area (Å²) in [5.41, 5.74) is 1.23. The fourth-order valence-electron chi connectivity index (χ4n) is 7.46. The van der Waals surface area contributed by atoms with Gasteiger partial charge in [-0.15, -0.1) is 0 Å². The summed E-state index contributed by atoms with van der Waals surface area (Å²) < 4.78 is 0. The molecule has 2 aromatic carbocycles. The summed E-state index contributed by atoms with van der Waals surface area (Å²) in [5.74, 6) is -2.06. The summed E-state index contributed by atoms with van der Waals surface area (Å²) >= 11 is 0. The lowest BCUT2D eigenvalue weighted by atomic mass is 9.38. The maximum Gasteiger partial charge on any atom is 0.180 e. The highest BCUT2D eigenvalue weighted by molar-refractivity contribution is 6.32. The molecule has 0 amide bonds. The molecule has 0 radical (unpaired) electrons. The minimum absolute atomic E-state index is 0.0868. The van der Waals surface area contributed by atoms with Crippen LogP contribution in [-0.2, 0) is 14.4 Å². The number of hydrogen-bond donors (Lipinski definition) is 2. The van der Waals surface area contributed by atoms with Gasteiger partial charge in [0.15, 0.2) is 17.3 Å². The number of hydrogen-bond acceptors (Lipinski definition) is 5. The van der Waals surface area contributed by atoms with E-state index < -0.39 is 27.8 Å². The van der Waals surface area contributed by atoms with Crippen molar-refractivity contribution in [1.29, 1.82) is 0 Å². The van der Waals surface area contributed by atoms with Gasteiger partial charge in [-0.25, -0.2) is 0 Å². The third-order valence-electron chi connectivity index (χ3n) is 10.0. The molecule has 5 heteroatoms. The molecule has 1 saturated carbocycles. The molecule has 0 heterocycles. The van der Waals surface area contributed by atoms with Gasteiger partial charge in [-0.3, -0.25) is 14.4 Å². The second-order valence-electron chi connectivity index (χ2n) is 11.9. The zero-order valence-corrected chi connectivity index (χ0v) is 23.0. The van der Waals surface area contributed by atoms with Crippen LogP contribution in [0.1, 0.15) is 70.2 Å². The van der Waals surface area contributed by atoms with Crippen molar-refractivity contribution in [3.63, 3.8) is 0 Å². The van der Waals surface area contributed by atoms with Gasteiger partial charge in [-0.2, -0.15) is 0 Å². The molecule has 0 unspecified atom stereocenters. The summed E-state index contributed by atoms with van der Waals surface area (Å²) in [6.45, 7) is 12.8. The highest BCUT2D eigenvalue weighted by Gasteiger charge is 2.70. The zero-order chi connectivity index (χ0) is 27.9. The summed E-state index contributed by atoms with van der Waals surface area (Å²) in [5, 5.41) is 22.6. The van der Waals surface area contributed by atoms with Crippen LogP contribution in [-0.4, -0.2) is 27.6 Å². The molecule has 0 bridgehead atoms. The molecule has 0 spiro atoms. The van der Waals surface area contributed by atoms with Crippen LogP contribution < -0.4 is 0 Å². The normalized spacial score (nSPS) is 31.8. The minimum Gasteiger partial charge on any atom is -0.507 e. The molecule has 0 aromatic heterocycles. The molecule has 5 rings (SSSR count). The zero-order valence-electron chi connectivity index (χ0n) is 23.0. The first-order chi connectivity index (χ1) is 17.7. The van der Waals surface area contributed by atoms with E-state index in [0.29, 0.717) is 17.6 Å². The Morgan fingerprint density at radius 3 is 2.21 bits per heavy atom. The lowest BCUT2D eigenvalue weighted by Crippen LogP contribution is -2.65. The van der Waals surface area contributed by atoms with Crippen LogP contribution in [0.25, 0.3) is 17.4 Å². The van der Waals surface area contributed by atoms with Crippen molar-refractivity contribution in [2.45, 2.75) is 54.9 Å². The van der Waals surface area contributed by atoms with E-state index in [1.807, 2.05) is 64.1 Å². The van der Waals surface area contributed by atoms with E-state index in [9.17, 15) is 24.6 Å². The molecule has 38 heavy (non-hydrogen) atoms. The molecule has 3 aliphatic rings. The smallest absolute Gasteiger partial charge is 0.180 e. The van der Waals surface area contributed by atoms with Gasteiger partial charge in [0.1, 0.15) is 11.5 Å². The number of aliphatic hydroxyl groups excluding tert-OH is 1. The van der Waals surface area contributed by atoms with Crippen LogP contribution in [0.4, 0.5) is 0 Å². The molecule has 0 aliphatic heterocycles. The number of aliphatic hydroxyl groups is 1. The van der Waals surface area contributed by atoms with Gasteiger partial charge in [0.05, 0.1) is 16.6 Å². The predicted octanol–water partition coefficient (Wildman–Crippen LogP) is 6.64. The van der Waals surface area contributed by atoms with E-state index in [4.69, 9.17) is 0 Å². The van der Waals surface area contributed by atoms with Gasteiger partial charge in [-0.1, -0.05) is 74.4 Å². The molecule has 5 nitrogen and oxygen atoms in total. The van der Waals surface area contributed by atoms with Crippen LogP contribution in [0.2, 0.25) is 0 Å². The van der Waals surface area contributed by atoms with Crippen LogP contribution in [0.15, 0.2) is 59.2 Å². The van der Waals surface area contributed by atoms with Crippen LogP contribution in [0, 0.1) is 29.1 Å². The van der Waals surface area contributed by atoms with Gasteiger partial charge < -0.3 is 10.2 Å². The average molecular weight is 511 g/mol. The number of ketones is 3. The Balaban J connectivity index is 1.89. The maximum atomic E-state index is 14.6. The fraction of sp³-hybridized carbons (Fsp3) is 0.364. The number of allylic oxidation sites excluding steroid dienone is 4. The van der Waals surface area contributed by atoms with E-state index in [-0.39, 0.29) is 39.9 Å². The topological polar surface area (TPSA) is 91.7 Å². The third-order valence-corrected chi connectivity index (χ3v) is 10.0. The Labute approximate surface area is 223 Å². The molecular weight excluding hydrogens is 476 g/mol. The quantitative estimate of drug-likeness (QED) is 0.349. The molecular formula is C33H34O5. The van der Waals surface area contributed by atoms with Gasteiger partial charge in [-0.05, 0) is 68.2 Å². The fourth-order valence-corrected chi connectivity index (χ4v) is 7.46. The highest BCUT2D eigenvalue weighted by atomic mass is 16.3. The SMILES string of the molecule is CC(=O)C1=C(C)C[C@@]2(C)[C@H](C)[C@]3(C)C(=C(O)c4c(O)cccc4/C3=C\c3ccc(C)cc3)C(=O)[C@@]2(C)C1=O. The van der Waals surface area contributed by atoms with Crippen molar-refractivity contribution in [3.8, 4) is 5.75 Å². The van der Waals surface area contributed by atoms with Gasteiger partial charge >= 0.3 is 0 Å². The summed E-state index contributed by atoms with van der Waals surface area (Å²) in [6.07, 6.45) is 2.43. The summed E-state index contributed by atoms with van der Waals surface area (Å²) in [4.78, 5) is 41.2. The van der Waals surface area contributed by atoms with Gasteiger partial charge in [0.25, 0.3) is 0 Å². The maximum absolute atomic E-state index is 14.6. The Hall–Kier alpha value is -3.73. The third kappa shape index (κ3) is 3.02. The minimum atomic E-state index is -1.55. The van der Waals surface area contributed by atoms with E-state index >= 15 is 0 Å². The number of aromatic hydroxyl groups is 1. The monoisotopic (exact) mass is 510 g/mol. The predicted molar refractivity (Wildman–Crippen MR) is 148 cm³/mol. The number of phenols is 1. The van der Waals surface area contributed by atoms with Crippen LogP contribution >= 0.6 is 0 Å². The molecule has 2 aromatic rings. The number of Topliss-reactive ketones (excluding diaryl/α,β-unsaturated/α-hetero) is 3. The molecule has 4 atom stereocenters. The standard InChI is InChI=1S/C33H34O5/c1-17-11-13-21(14-12-17)15-23-22-9-8-10-24(35)26(22)28(36)27-30(38)33(7)29(37)25(19(3)34)18(2)16-31(33,5)20(4)32(23,27)6/h8-15,20,35-36H,16H2,1-7H3/b23-15+/t20-,31-,32-,33+/m0/s1. The number of aryl methyl sites for hydroxylation is 1. The molecule has 1 fully saturated rings. The summed E-state index contributed by atoms with van der Waals surface area (Å²) in [7, 11) is 0. The Morgan fingerprint density at radius 1 is 0.974 bits per heavy atom. The first kappa shape index (κ1) is 25.9. The molecule has 3 aliphatic carbocycles. The number of rotatable bonds is 2. The van der Waals surface area contributed by atoms with Crippen molar-refractivity contribution >= 4 is 34.8 Å². The number of carbonyl (C=O) groups is 3. The molecule has 2 N–H and O–H groups in total. The molecule has 0 saturated heterocycles. The average Bonchev–Trinajstić information content (AvgIpc) is 2.84. The first-order valence-electron chi connectivity index (χ1n) is 13.1. The van der Waals surface area contributed by atoms with Crippen molar-refractivity contribution in [1.82, 2.24) is 0 Å². The van der Waals surface area contributed by atoms with Crippen molar-refractivity contribution < 1.29 is 24.6 Å². The van der Waals surface area contributed by atoms with Crippen molar-refractivity contribution in [2.24, 2.45) is 22.2 Å². The van der Waals surface area contributed by atoms with Gasteiger partial charge in [0, 0.05) is 11.0 Å². The van der Waals surface area contributed by atoms with Crippen molar-refractivity contribution in [3.05, 3.63) is 81.4 Å². The lowest BCUT2D eigenvalue weighted by Gasteiger charge is -2.62. The number of phenolic OH excluding ortho intramolecular Hbond substituents is 1. The number of carbonyl (C=O) groups excluding carboxylic acids is 3. The largest absolute Gasteiger partial charge is 0.507 e. The Morgan fingerprint density at radius 2 is 1.61 bits per heavy atom. The van der Waals surface area contributed by atoms with E-state index in [1.54, 1.807) is 19.9 Å². The van der Waals surface area contributed by atoms with E-state index in [0.717, 1.165) is 16.7 Å². The highest BCUT2D eigenvalue weighted by Crippen LogP contribution is 2.70. The number of fused-ring (bicyclic) bond motifs is 3. The summed E-state index contributed by atoms with van der Waals surface area (Å²) in [6, 6.07) is 13.1. The first-order valence-corrected chi connectivity index (χ1v) is 13.1. The van der Waals surface area contributed by atoms with E-state index in [1.165, 1.54) is 13.0 Å². The van der Waals surface area contributed by atoms with Crippen LogP contribution in [0.5, 0.6) is 5.75 Å². The second kappa shape index (κ2) is 8.13. The van der Waals surface area contributed by atoms with Crippen LogP contribution in [0.3, 0.4) is 0 Å². The van der Waals surface area contributed by atoms with Gasteiger partial charge in [0.2, 0.25) is 0 Å². The van der Waals surface area contributed by atoms with Crippen molar-refractivity contribution in [2.75, 3.05) is 0 Å². The Kier molecular flexibility index (Phi) is 5.54. The molecule has 196 valence electrons. The Bertz CT molecular complexity index is 1540. The van der Waals surface area contributed by atoms with E-state index in [2.05, 4.69) is 0 Å².